The molecule has 2 nitrogen and oxygen atoms in total. The van der Waals surface area contributed by atoms with Crippen LogP contribution in [0.5, 0.6) is 0 Å². The Balaban J connectivity index is 1.63. The lowest BCUT2D eigenvalue weighted by Gasteiger charge is -2.58. The summed E-state index contributed by atoms with van der Waals surface area (Å²) in [5.41, 5.74) is 2.09. The quantitative estimate of drug-likeness (QED) is 0.703. The summed E-state index contributed by atoms with van der Waals surface area (Å²) in [6, 6.07) is 0. The van der Waals surface area contributed by atoms with Gasteiger partial charge in [0.2, 0.25) is 0 Å². The Morgan fingerprint density at radius 3 is 2.60 bits per heavy atom. The molecule has 0 radical (unpaired) electrons. The van der Waals surface area contributed by atoms with Crippen molar-refractivity contribution in [1.29, 1.82) is 0 Å². The fourth-order valence-corrected chi connectivity index (χ4v) is 7.51. The van der Waals surface area contributed by atoms with Gasteiger partial charge in [-0.2, -0.15) is 0 Å². The van der Waals surface area contributed by atoms with Gasteiger partial charge in [0.1, 0.15) is 5.78 Å². The van der Waals surface area contributed by atoms with Crippen molar-refractivity contribution >= 4 is 5.78 Å². The Bertz CT molecular complexity index is 591. The number of rotatable bonds is 2. The maximum absolute atomic E-state index is 12.9. The third-order valence-corrected chi connectivity index (χ3v) is 8.99. The summed E-state index contributed by atoms with van der Waals surface area (Å²) in [5, 5.41) is 10.1. The van der Waals surface area contributed by atoms with Gasteiger partial charge in [-0.15, -0.1) is 0 Å². The predicted octanol–water partition coefficient (Wildman–Crippen LogP) is 5.15. The van der Waals surface area contributed by atoms with E-state index in [0.717, 1.165) is 43.4 Å². The highest BCUT2D eigenvalue weighted by molar-refractivity contribution is 5.84. The Morgan fingerprint density at radius 1 is 1.12 bits per heavy atom. The normalized spacial score (nSPS) is 49.2. The first kappa shape index (κ1) is 17.8. The molecule has 0 heterocycles. The van der Waals surface area contributed by atoms with Gasteiger partial charge in [0, 0.05) is 11.8 Å². The van der Waals surface area contributed by atoms with Crippen LogP contribution in [0.2, 0.25) is 0 Å². The van der Waals surface area contributed by atoms with Crippen LogP contribution >= 0.6 is 0 Å². The first-order chi connectivity index (χ1) is 11.8. The second-order valence-corrected chi connectivity index (χ2v) is 10.4. The summed E-state index contributed by atoms with van der Waals surface area (Å²) in [5.74, 6) is 3.24. The molecule has 140 valence electrons. The molecular weight excluding hydrogens is 308 g/mol. The molecule has 3 fully saturated rings. The van der Waals surface area contributed by atoms with E-state index in [1.165, 1.54) is 25.7 Å². The molecule has 4 aliphatic rings. The monoisotopic (exact) mass is 344 g/mol. The van der Waals surface area contributed by atoms with Crippen LogP contribution in [0.15, 0.2) is 11.6 Å². The number of hydrogen-bond acceptors (Lipinski definition) is 2. The molecule has 0 spiro atoms. The second-order valence-electron chi connectivity index (χ2n) is 10.4. The van der Waals surface area contributed by atoms with Crippen molar-refractivity contribution in [2.45, 2.75) is 85.2 Å². The zero-order valence-electron chi connectivity index (χ0n) is 16.6. The minimum Gasteiger partial charge on any atom is -0.393 e. The molecular formula is C23H36O2. The molecule has 0 saturated heterocycles. The fraction of sp³-hybridized carbons (Fsp3) is 0.870. The van der Waals surface area contributed by atoms with E-state index in [0.29, 0.717) is 17.1 Å². The van der Waals surface area contributed by atoms with Gasteiger partial charge in [-0.1, -0.05) is 39.3 Å². The van der Waals surface area contributed by atoms with Gasteiger partial charge in [-0.3, -0.25) is 4.79 Å². The lowest BCUT2D eigenvalue weighted by molar-refractivity contribution is -0.132. The smallest absolute Gasteiger partial charge is 0.139 e. The lowest BCUT2D eigenvalue weighted by atomic mass is 9.47. The average molecular weight is 345 g/mol. The van der Waals surface area contributed by atoms with Crippen molar-refractivity contribution in [2.75, 3.05) is 0 Å². The number of aliphatic hydroxyl groups excluding tert-OH is 1. The van der Waals surface area contributed by atoms with E-state index >= 15 is 0 Å². The van der Waals surface area contributed by atoms with Crippen molar-refractivity contribution in [2.24, 2.45) is 40.4 Å². The molecule has 0 bridgehead atoms. The van der Waals surface area contributed by atoms with Crippen LogP contribution < -0.4 is 0 Å². The van der Waals surface area contributed by atoms with E-state index < -0.39 is 0 Å². The lowest BCUT2D eigenvalue weighted by Crippen LogP contribution is -2.51. The SMILES string of the molecule is CC(C)C(=O)C1CCC2C3CC=C4CC(O)CCC4(C)C3CCC12C. The number of hydrogen-bond donors (Lipinski definition) is 1. The van der Waals surface area contributed by atoms with Gasteiger partial charge < -0.3 is 5.11 Å². The number of ketones is 1. The van der Waals surface area contributed by atoms with Crippen LogP contribution in [0.3, 0.4) is 0 Å². The van der Waals surface area contributed by atoms with E-state index in [1.807, 2.05) is 0 Å². The van der Waals surface area contributed by atoms with E-state index in [-0.39, 0.29) is 17.4 Å². The number of carbonyl (C=O) groups is 1. The van der Waals surface area contributed by atoms with Gasteiger partial charge in [0.25, 0.3) is 0 Å². The number of carbonyl (C=O) groups excluding carboxylic acids is 1. The van der Waals surface area contributed by atoms with E-state index in [1.54, 1.807) is 5.57 Å². The van der Waals surface area contributed by atoms with Crippen molar-refractivity contribution < 1.29 is 9.90 Å². The number of fused-ring (bicyclic) bond motifs is 5. The predicted molar refractivity (Wildman–Crippen MR) is 101 cm³/mol. The molecule has 0 aromatic carbocycles. The molecule has 1 N–H and O–H groups in total. The molecule has 4 rings (SSSR count). The van der Waals surface area contributed by atoms with Crippen LogP contribution in [-0.2, 0) is 4.79 Å². The molecule has 0 amide bonds. The molecule has 4 aliphatic carbocycles. The van der Waals surface area contributed by atoms with Gasteiger partial charge >= 0.3 is 0 Å². The van der Waals surface area contributed by atoms with Crippen LogP contribution in [-0.4, -0.2) is 17.0 Å². The Hall–Kier alpha value is -0.630. The first-order valence-electron chi connectivity index (χ1n) is 10.7. The standard InChI is InChI=1S/C23H36O2/c1-14(2)21(25)20-8-7-18-17-6-5-15-13-16(24)9-11-22(15,3)19(17)10-12-23(18,20)4/h5,14,16-20,24H,6-13H2,1-4H3. The van der Waals surface area contributed by atoms with Gasteiger partial charge in [0.15, 0.2) is 0 Å². The van der Waals surface area contributed by atoms with Gasteiger partial charge in [0.05, 0.1) is 6.10 Å². The van der Waals surface area contributed by atoms with Gasteiger partial charge in [-0.25, -0.2) is 0 Å². The Kier molecular flexibility index (Phi) is 4.22. The van der Waals surface area contributed by atoms with Crippen molar-refractivity contribution in [3.63, 3.8) is 0 Å². The molecule has 25 heavy (non-hydrogen) atoms. The van der Waals surface area contributed by atoms with Crippen molar-refractivity contribution in [3.05, 3.63) is 11.6 Å². The van der Waals surface area contributed by atoms with Gasteiger partial charge in [-0.05, 0) is 80.0 Å². The minimum absolute atomic E-state index is 0.121. The third kappa shape index (κ3) is 2.50. The maximum Gasteiger partial charge on any atom is 0.139 e. The van der Waals surface area contributed by atoms with Crippen LogP contribution in [0.25, 0.3) is 0 Å². The highest BCUT2D eigenvalue weighted by Crippen LogP contribution is 2.66. The molecule has 2 heteroatoms. The number of allylic oxidation sites excluding steroid dienone is 1. The van der Waals surface area contributed by atoms with E-state index in [2.05, 4.69) is 33.8 Å². The summed E-state index contributed by atoms with van der Waals surface area (Å²) >= 11 is 0. The highest BCUT2D eigenvalue weighted by Gasteiger charge is 2.59. The molecule has 0 aromatic heterocycles. The van der Waals surface area contributed by atoms with E-state index in [9.17, 15) is 9.90 Å². The van der Waals surface area contributed by atoms with Crippen LogP contribution in [0.1, 0.15) is 79.1 Å². The zero-order valence-corrected chi connectivity index (χ0v) is 16.6. The molecule has 0 aromatic rings. The molecule has 7 atom stereocenters. The minimum atomic E-state index is -0.121. The summed E-state index contributed by atoms with van der Waals surface area (Å²) < 4.78 is 0. The van der Waals surface area contributed by atoms with Crippen LogP contribution in [0, 0.1) is 40.4 Å². The fourth-order valence-electron chi connectivity index (χ4n) is 7.51. The first-order valence-corrected chi connectivity index (χ1v) is 10.7. The van der Waals surface area contributed by atoms with Crippen molar-refractivity contribution in [3.8, 4) is 0 Å². The summed E-state index contributed by atoms with van der Waals surface area (Å²) in [4.78, 5) is 12.9. The zero-order chi connectivity index (χ0) is 18.0. The summed E-state index contributed by atoms with van der Waals surface area (Å²) in [7, 11) is 0. The average Bonchev–Trinajstić information content (AvgIpc) is 2.92. The van der Waals surface area contributed by atoms with E-state index in [4.69, 9.17) is 0 Å². The van der Waals surface area contributed by atoms with Crippen LogP contribution in [0.4, 0.5) is 0 Å². The molecule has 3 saturated carbocycles. The molecule has 7 unspecified atom stereocenters. The largest absolute Gasteiger partial charge is 0.393 e. The maximum atomic E-state index is 12.9. The summed E-state index contributed by atoms with van der Waals surface area (Å²) in [6.45, 7) is 9.08. The highest BCUT2D eigenvalue weighted by atomic mass is 16.3. The topological polar surface area (TPSA) is 37.3 Å². The Morgan fingerprint density at radius 2 is 1.88 bits per heavy atom. The number of aliphatic hydroxyl groups is 1. The number of Topliss-reactive ketones (excluding diaryl/α,β-unsaturated/α-hetero) is 1. The third-order valence-electron chi connectivity index (χ3n) is 8.99. The molecule has 0 aliphatic heterocycles. The second kappa shape index (κ2) is 5.94. The summed E-state index contributed by atoms with van der Waals surface area (Å²) in [6.07, 6.45) is 11.5. The Labute approximate surface area is 153 Å². The van der Waals surface area contributed by atoms with Crippen molar-refractivity contribution in [1.82, 2.24) is 0 Å².